The van der Waals surface area contributed by atoms with E-state index in [4.69, 9.17) is 4.74 Å². The summed E-state index contributed by atoms with van der Waals surface area (Å²) in [5.74, 6) is -0.280. The number of nitrogens with one attached hydrogen (secondary N) is 1. The maximum atomic E-state index is 13.0. The van der Waals surface area contributed by atoms with Gasteiger partial charge in [-0.2, -0.15) is 5.10 Å². The van der Waals surface area contributed by atoms with Crippen LogP contribution >= 0.6 is 0 Å². The third-order valence-corrected chi connectivity index (χ3v) is 4.71. The van der Waals surface area contributed by atoms with Crippen LogP contribution < -0.4 is 5.32 Å². The number of carbonyl (C=O) groups is 1. The Hall–Kier alpha value is -2.41. The molecule has 3 rings (SSSR count). The normalized spacial score (nSPS) is 17.3. The van der Waals surface area contributed by atoms with E-state index in [1.807, 2.05) is 11.1 Å². The lowest BCUT2D eigenvalue weighted by Crippen LogP contribution is -2.48. The Labute approximate surface area is 152 Å². The molecule has 1 N–H and O–H groups in total. The monoisotopic (exact) mass is 360 g/mol. The Kier molecular flexibility index (Phi) is 6.22. The molecule has 1 aliphatic rings. The number of aromatic nitrogens is 2. The molecule has 1 aromatic carbocycles. The van der Waals surface area contributed by atoms with Crippen molar-refractivity contribution < 1.29 is 13.9 Å². The van der Waals surface area contributed by atoms with E-state index in [0.717, 1.165) is 43.5 Å². The minimum atomic E-state index is -0.280. The first-order chi connectivity index (χ1) is 12.7. The summed E-state index contributed by atoms with van der Waals surface area (Å²) in [6.07, 6.45) is 7.64. The van der Waals surface area contributed by atoms with E-state index in [0.29, 0.717) is 13.2 Å². The zero-order valence-electron chi connectivity index (χ0n) is 15.0. The SMILES string of the molecule is COCC[C@H]1CCCCN1C(=O)NCc1cnn(-c2ccc(F)cc2)c1. The maximum Gasteiger partial charge on any atom is 0.317 e. The van der Waals surface area contributed by atoms with Crippen LogP contribution in [0.4, 0.5) is 9.18 Å². The number of hydrogen-bond donors (Lipinski definition) is 1. The molecule has 2 amide bonds. The molecule has 1 aromatic heterocycles. The van der Waals surface area contributed by atoms with Crippen molar-refractivity contribution in [2.24, 2.45) is 0 Å². The summed E-state index contributed by atoms with van der Waals surface area (Å²) >= 11 is 0. The molecule has 7 heteroatoms. The molecule has 2 aromatic rings. The van der Waals surface area contributed by atoms with E-state index in [1.54, 1.807) is 30.1 Å². The number of urea groups is 1. The van der Waals surface area contributed by atoms with Crippen LogP contribution in [-0.4, -0.2) is 47.0 Å². The van der Waals surface area contributed by atoms with Crippen molar-refractivity contribution in [1.29, 1.82) is 0 Å². The predicted molar refractivity (Wildman–Crippen MR) is 96.6 cm³/mol. The number of piperidine rings is 1. The Morgan fingerprint density at radius 1 is 1.35 bits per heavy atom. The van der Waals surface area contributed by atoms with Crippen molar-refractivity contribution in [3.8, 4) is 5.69 Å². The van der Waals surface area contributed by atoms with Gasteiger partial charge < -0.3 is 15.0 Å². The molecule has 1 fully saturated rings. The molecule has 0 aliphatic carbocycles. The number of nitrogens with zero attached hydrogens (tertiary/aromatic N) is 3. The quantitative estimate of drug-likeness (QED) is 0.861. The van der Waals surface area contributed by atoms with Gasteiger partial charge in [0.2, 0.25) is 0 Å². The summed E-state index contributed by atoms with van der Waals surface area (Å²) in [5, 5.41) is 7.26. The molecule has 1 atom stereocenters. The van der Waals surface area contributed by atoms with Gasteiger partial charge in [0.1, 0.15) is 5.82 Å². The van der Waals surface area contributed by atoms with Crippen molar-refractivity contribution >= 4 is 6.03 Å². The average molecular weight is 360 g/mol. The van der Waals surface area contributed by atoms with E-state index >= 15 is 0 Å². The van der Waals surface area contributed by atoms with Gasteiger partial charge in [-0.3, -0.25) is 0 Å². The highest BCUT2D eigenvalue weighted by Crippen LogP contribution is 2.20. The lowest BCUT2D eigenvalue weighted by molar-refractivity contribution is 0.116. The van der Waals surface area contributed by atoms with E-state index < -0.39 is 0 Å². The fourth-order valence-electron chi connectivity index (χ4n) is 3.29. The molecule has 0 spiro atoms. The number of likely N-dealkylation sites (tertiary alicyclic amines) is 1. The van der Waals surface area contributed by atoms with Gasteiger partial charge in [0.25, 0.3) is 0 Å². The Morgan fingerprint density at radius 3 is 2.92 bits per heavy atom. The predicted octanol–water partition coefficient (Wildman–Crippen LogP) is 3.11. The lowest BCUT2D eigenvalue weighted by Gasteiger charge is -2.35. The van der Waals surface area contributed by atoms with Crippen molar-refractivity contribution in [3.63, 3.8) is 0 Å². The van der Waals surface area contributed by atoms with E-state index in [-0.39, 0.29) is 17.9 Å². The first kappa shape index (κ1) is 18.4. The third-order valence-electron chi connectivity index (χ3n) is 4.71. The van der Waals surface area contributed by atoms with E-state index in [9.17, 15) is 9.18 Å². The molecule has 6 nitrogen and oxygen atoms in total. The molecule has 1 aliphatic heterocycles. The lowest BCUT2D eigenvalue weighted by atomic mass is 10.00. The molecule has 2 heterocycles. The van der Waals surface area contributed by atoms with Crippen molar-refractivity contribution in [2.45, 2.75) is 38.3 Å². The summed E-state index contributed by atoms with van der Waals surface area (Å²) in [7, 11) is 1.69. The standard InChI is InChI=1S/C19H25FN4O2/c1-26-11-9-17-4-2-3-10-23(17)19(25)21-12-15-13-22-24(14-15)18-7-5-16(20)6-8-18/h5-8,13-14,17H,2-4,9-12H2,1H3,(H,21,25)/t17-/m1/s1. The summed E-state index contributed by atoms with van der Waals surface area (Å²) < 4.78 is 19.8. The second-order valence-corrected chi connectivity index (χ2v) is 6.55. The minimum Gasteiger partial charge on any atom is -0.385 e. The first-order valence-corrected chi connectivity index (χ1v) is 9.00. The molecule has 0 radical (unpaired) electrons. The third kappa shape index (κ3) is 4.60. The van der Waals surface area contributed by atoms with E-state index in [2.05, 4.69) is 10.4 Å². The van der Waals surface area contributed by atoms with Gasteiger partial charge in [0, 0.05) is 44.6 Å². The number of methoxy groups -OCH3 is 1. The van der Waals surface area contributed by atoms with Crippen LogP contribution in [0.3, 0.4) is 0 Å². The topological polar surface area (TPSA) is 59.4 Å². The zero-order valence-corrected chi connectivity index (χ0v) is 15.0. The van der Waals surface area contributed by atoms with Crippen LogP contribution in [0.5, 0.6) is 0 Å². The van der Waals surface area contributed by atoms with Gasteiger partial charge in [-0.25, -0.2) is 13.9 Å². The van der Waals surface area contributed by atoms with E-state index in [1.165, 1.54) is 12.1 Å². The second-order valence-electron chi connectivity index (χ2n) is 6.55. The summed E-state index contributed by atoms with van der Waals surface area (Å²) in [4.78, 5) is 14.5. The van der Waals surface area contributed by atoms with Gasteiger partial charge in [-0.1, -0.05) is 0 Å². The van der Waals surface area contributed by atoms with Gasteiger partial charge >= 0.3 is 6.03 Å². The number of ether oxygens (including phenoxy) is 1. The summed E-state index contributed by atoms with van der Waals surface area (Å²) in [6, 6.07) is 6.33. The van der Waals surface area contributed by atoms with Crippen molar-refractivity contribution in [3.05, 3.63) is 48.0 Å². The molecular weight excluding hydrogens is 335 g/mol. The fraction of sp³-hybridized carbons (Fsp3) is 0.474. The Morgan fingerprint density at radius 2 is 2.15 bits per heavy atom. The van der Waals surface area contributed by atoms with Gasteiger partial charge in [-0.05, 0) is 49.9 Å². The maximum absolute atomic E-state index is 13.0. The van der Waals surface area contributed by atoms with Crippen LogP contribution in [0.15, 0.2) is 36.7 Å². The molecular formula is C19H25FN4O2. The highest BCUT2D eigenvalue weighted by atomic mass is 19.1. The van der Waals surface area contributed by atoms with Crippen LogP contribution in [0.2, 0.25) is 0 Å². The number of benzene rings is 1. The largest absolute Gasteiger partial charge is 0.385 e. The second kappa shape index (κ2) is 8.80. The molecule has 0 bridgehead atoms. The highest BCUT2D eigenvalue weighted by molar-refractivity contribution is 5.74. The van der Waals surface area contributed by atoms with Crippen molar-refractivity contribution in [2.75, 3.05) is 20.3 Å². The van der Waals surface area contributed by atoms with Crippen LogP contribution in [0, 0.1) is 5.82 Å². The molecule has 26 heavy (non-hydrogen) atoms. The summed E-state index contributed by atoms with van der Waals surface area (Å²) in [6.45, 7) is 1.86. The number of halogens is 1. The van der Waals surface area contributed by atoms with Crippen LogP contribution in [0.25, 0.3) is 5.69 Å². The zero-order chi connectivity index (χ0) is 18.4. The highest BCUT2D eigenvalue weighted by Gasteiger charge is 2.26. The smallest absolute Gasteiger partial charge is 0.317 e. The van der Waals surface area contributed by atoms with Gasteiger partial charge in [0.05, 0.1) is 11.9 Å². The molecule has 140 valence electrons. The number of amides is 2. The summed E-state index contributed by atoms with van der Waals surface area (Å²) in [5.41, 5.74) is 1.67. The number of carbonyl (C=O) groups excluding carboxylic acids is 1. The molecule has 1 saturated heterocycles. The van der Waals surface area contributed by atoms with Gasteiger partial charge in [0.15, 0.2) is 0 Å². The Bertz CT molecular complexity index is 717. The molecule has 0 saturated carbocycles. The van der Waals surface area contributed by atoms with Crippen LogP contribution in [0.1, 0.15) is 31.2 Å². The fourth-order valence-corrected chi connectivity index (χ4v) is 3.29. The van der Waals surface area contributed by atoms with Crippen LogP contribution in [-0.2, 0) is 11.3 Å². The number of rotatable bonds is 6. The minimum absolute atomic E-state index is 0.0414. The molecule has 0 unspecified atom stereocenters. The Balaban J connectivity index is 1.56. The van der Waals surface area contributed by atoms with Gasteiger partial charge in [-0.15, -0.1) is 0 Å². The first-order valence-electron chi connectivity index (χ1n) is 9.00. The number of hydrogen-bond acceptors (Lipinski definition) is 3. The van der Waals surface area contributed by atoms with Crippen molar-refractivity contribution in [1.82, 2.24) is 20.0 Å². The average Bonchev–Trinajstić information content (AvgIpc) is 3.14.